The van der Waals surface area contributed by atoms with Gasteiger partial charge in [-0.1, -0.05) is 79.2 Å². The first-order valence-corrected chi connectivity index (χ1v) is 25.2. The largest absolute Gasteiger partial charge is 0 e. The zero-order valence-electron chi connectivity index (χ0n) is 35.8. The normalized spacial score (nSPS) is 17.0. The maximum absolute atomic E-state index is 13.9. The van der Waals surface area contributed by atoms with Gasteiger partial charge < -0.3 is 4.98 Å². The van der Waals surface area contributed by atoms with Crippen molar-refractivity contribution in [3.8, 4) is 33.6 Å². The van der Waals surface area contributed by atoms with E-state index in [0.717, 1.165) is 41.3 Å². The van der Waals surface area contributed by atoms with Crippen LogP contribution in [0.4, 0.5) is 4.39 Å². The Morgan fingerprint density at radius 1 is 0.882 bits per heavy atom. The van der Waals surface area contributed by atoms with Crippen LogP contribution < -0.4 is 4.40 Å². The number of halogens is 1. The molecular weight excluding hydrogens is 884 g/mol. The van der Waals surface area contributed by atoms with Gasteiger partial charge in [-0.15, -0.1) is 23.8 Å². The molecule has 1 radical (unpaired) electrons. The van der Waals surface area contributed by atoms with Crippen molar-refractivity contribution in [2.45, 2.75) is 62.5 Å². The topological polar surface area (TPSA) is 25.8 Å². The van der Waals surface area contributed by atoms with Crippen molar-refractivity contribution in [1.29, 1.82) is 0 Å². The number of hydrogen-bond acceptors (Lipinski definition) is 3. The minimum Gasteiger partial charge on any atom is 0 e. The average Bonchev–Trinajstić information content (AvgIpc) is 3.86. The van der Waals surface area contributed by atoms with E-state index < -0.39 is 38.7 Å². The van der Waals surface area contributed by atoms with Crippen LogP contribution in [-0.2, 0) is 20.1 Å². The number of fused-ring (bicyclic) bond motifs is 3. The molecule has 1 aliphatic carbocycles. The van der Waals surface area contributed by atoms with Gasteiger partial charge in [0.25, 0.3) is 0 Å². The Labute approximate surface area is 332 Å². The van der Waals surface area contributed by atoms with Crippen molar-refractivity contribution in [1.82, 2.24) is 9.97 Å². The molecule has 0 N–H and O–H groups in total. The third kappa shape index (κ3) is 8.28. The number of nitrogens with zero attached hydrogens (tertiary/aromatic N) is 2. The summed E-state index contributed by atoms with van der Waals surface area (Å²) in [5.41, 5.74) is 5.16. The first-order chi connectivity index (χ1) is 26.9. The number of aryl methyl sites for hydroxylation is 1. The molecule has 1 unspecified atom stereocenters. The molecule has 51 heavy (non-hydrogen) atoms. The molecule has 0 spiro atoms. The molecule has 4 aromatic carbocycles. The summed E-state index contributed by atoms with van der Waals surface area (Å²) in [5, 5.41) is 2.32. The van der Waals surface area contributed by atoms with Crippen LogP contribution in [0.5, 0.6) is 0 Å². The van der Waals surface area contributed by atoms with Crippen molar-refractivity contribution < 1.29 is 34.1 Å². The van der Waals surface area contributed by atoms with Crippen molar-refractivity contribution in [3.05, 3.63) is 139 Å². The minimum atomic E-state index is -2.46. The van der Waals surface area contributed by atoms with Crippen LogP contribution >= 0.6 is 11.3 Å². The summed E-state index contributed by atoms with van der Waals surface area (Å²) in [7, 11) is 0. The molecule has 0 aliphatic heterocycles. The van der Waals surface area contributed by atoms with Crippen LogP contribution in [-0.4, -0.2) is 23.2 Å². The second-order valence-electron chi connectivity index (χ2n) is 13.9. The smallest absolute Gasteiger partial charge is 0 e. The van der Waals surface area contributed by atoms with Crippen molar-refractivity contribution in [3.63, 3.8) is 0 Å². The summed E-state index contributed by atoms with van der Waals surface area (Å²) >= 11 is -0.211. The van der Waals surface area contributed by atoms with E-state index in [0.29, 0.717) is 22.5 Å². The SMILES string of the molecule is [2H]C([2H])([2H])C([2H])(c1ccnc(-c2[c-]ccc3c2sc2cc(-c4ccccc4)ccc23)c1)C1CCCC1.[2H]C([2H])([2H])c1c[c-]c(-c2cc[c]([Ge]([CH3])([CH3])[CH3])cn2)cc1F.[Ir]. The molecule has 1 fully saturated rings. The molecule has 8 rings (SSSR count). The van der Waals surface area contributed by atoms with Gasteiger partial charge in [-0.25, -0.2) is 0 Å². The van der Waals surface area contributed by atoms with Crippen molar-refractivity contribution in [2.75, 3.05) is 0 Å². The fourth-order valence-corrected chi connectivity index (χ4v) is 9.96. The van der Waals surface area contributed by atoms with Gasteiger partial charge in [0.05, 0.1) is 0 Å². The zero-order valence-corrected chi connectivity index (χ0v) is 34.1. The number of hydrogen-bond donors (Lipinski definition) is 0. The Morgan fingerprint density at radius 3 is 2.41 bits per heavy atom. The zero-order chi connectivity index (χ0) is 40.8. The van der Waals surface area contributed by atoms with Gasteiger partial charge in [0.1, 0.15) is 0 Å². The number of benzene rings is 4. The molecule has 0 saturated heterocycles. The summed E-state index contributed by atoms with van der Waals surface area (Å²) in [6.07, 6.45) is 7.02. The van der Waals surface area contributed by atoms with E-state index in [1.165, 1.54) is 37.7 Å². The number of pyridine rings is 2. The standard InChI is InChI=1S/C30H26NS.C15H17FGeN.Ir/c1-20(21-8-5-6-9-21)23-16-17-31-28(18-23)27-13-7-12-26-25-15-14-24(19-29(25)32-30(26)27)22-10-3-2-4-11-22;1-11-5-6-12(9-14(11)16)15-8-7-13(10-18-15)17(2,3)4;/h2-4,7,10-12,14-21H,5-6,8-9H2,1H3;5,7-10H,1-4H3;/q2*-1;/i1D3,20D;1D3;. The summed E-state index contributed by atoms with van der Waals surface area (Å²) in [5.74, 6) is 4.25. The molecule has 0 amide bonds. The Kier molecular flexibility index (Phi) is 9.13. The quantitative estimate of drug-likeness (QED) is 0.123. The van der Waals surface area contributed by atoms with Gasteiger partial charge in [0.15, 0.2) is 0 Å². The predicted molar refractivity (Wildman–Crippen MR) is 213 cm³/mol. The van der Waals surface area contributed by atoms with Crippen LogP contribution in [0.15, 0.2) is 109 Å². The van der Waals surface area contributed by atoms with Gasteiger partial charge in [-0.2, -0.15) is 11.3 Å². The van der Waals surface area contributed by atoms with E-state index >= 15 is 0 Å². The van der Waals surface area contributed by atoms with Crippen LogP contribution in [0.1, 0.15) is 59.2 Å². The summed E-state index contributed by atoms with van der Waals surface area (Å²) in [6.45, 7) is -4.88. The van der Waals surface area contributed by atoms with Crippen LogP contribution in [0, 0.1) is 30.7 Å². The summed E-state index contributed by atoms with van der Waals surface area (Å²) in [6, 6.07) is 36.9. The van der Waals surface area contributed by atoms with Crippen molar-refractivity contribution in [2.24, 2.45) is 5.92 Å². The van der Waals surface area contributed by atoms with E-state index in [-0.39, 0.29) is 31.6 Å². The molecule has 2 nitrogen and oxygen atoms in total. The summed E-state index contributed by atoms with van der Waals surface area (Å²) in [4.78, 5) is 8.98. The van der Waals surface area contributed by atoms with E-state index in [4.69, 9.17) is 8.22 Å². The second-order valence-corrected chi connectivity index (χ2v) is 25.6. The molecular formula is C45H43FGeIrN2S-2. The Morgan fingerprint density at radius 2 is 1.71 bits per heavy atom. The Bertz CT molecular complexity index is 2530. The number of aromatic nitrogens is 2. The fraction of sp³-hybridized carbons (Fsp3) is 0.244. The maximum atomic E-state index is 13.9. The van der Waals surface area contributed by atoms with Gasteiger partial charge in [-0.05, 0) is 63.7 Å². The van der Waals surface area contributed by atoms with Gasteiger partial charge in [-0.3, -0.25) is 0 Å². The van der Waals surface area contributed by atoms with E-state index in [9.17, 15) is 5.76 Å². The molecule has 1 saturated carbocycles. The second kappa shape index (κ2) is 16.0. The maximum Gasteiger partial charge on any atom is 0 e. The first-order valence-electron chi connectivity index (χ1n) is 20.5. The van der Waals surface area contributed by atoms with Gasteiger partial charge in [0, 0.05) is 36.5 Å². The monoisotopic (exact) mass is 936 g/mol. The first kappa shape index (κ1) is 29.0. The van der Waals surface area contributed by atoms with E-state index in [1.54, 1.807) is 23.6 Å². The fourth-order valence-electron chi connectivity index (χ4n) is 6.54. The molecule has 1 aliphatic rings. The average molecular weight is 935 g/mol. The van der Waals surface area contributed by atoms with E-state index in [2.05, 4.69) is 75.8 Å². The molecule has 0 bridgehead atoms. The third-order valence-corrected chi connectivity index (χ3v) is 14.9. The van der Waals surface area contributed by atoms with Crippen LogP contribution in [0.3, 0.4) is 0 Å². The van der Waals surface area contributed by atoms with Crippen molar-refractivity contribution >= 4 is 49.2 Å². The summed E-state index contributed by atoms with van der Waals surface area (Å²) < 4.78 is 73.2. The minimum absolute atomic E-state index is 0. The molecule has 3 heterocycles. The van der Waals surface area contributed by atoms with E-state index in [1.807, 2.05) is 48.7 Å². The Hall–Kier alpha value is -3.48. The molecule has 6 heteroatoms. The third-order valence-electron chi connectivity index (χ3n) is 9.44. The number of rotatable bonds is 6. The van der Waals surface area contributed by atoms with Gasteiger partial charge >= 0.3 is 114 Å². The predicted octanol–water partition coefficient (Wildman–Crippen LogP) is 12.4. The molecule has 1 atom stereocenters. The Balaban J connectivity index is 0.000000221. The number of thiophene rings is 1. The molecule has 261 valence electrons. The molecule has 3 aromatic heterocycles. The van der Waals surface area contributed by atoms with Crippen LogP contribution in [0.25, 0.3) is 53.8 Å². The van der Waals surface area contributed by atoms with Gasteiger partial charge in [0.2, 0.25) is 0 Å². The van der Waals surface area contributed by atoms with Crippen LogP contribution in [0.2, 0.25) is 17.3 Å². The molecule has 7 aromatic rings.